The second-order valence-corrected chi connectivity index (χ2v) is 1.13. The second-order valence-electron chi connectivity index (χ2n) is 0.378. The molecule has 4 nitrogen and oxygen atoms in total. The molecule has 0 rings (SSSR count). The van der Waals surface area contributed by atoms with Crippen LogP contribution in [0.15, 0.2) is 0 Å². The first-order chi connectivity index (χ1) is 2.00. The Morgan fingerprint density at radius 1 is 0.857 bits per heavy atom. The largest absolute Gasteiger partial charge is 1.00 e. The Bertz CT molecular complexity index is 27.2. The van der Waals surface area contributed by atoms with E-state index < -0.39 is 10.2 Å². The van der Waals surface area contributed by atoms with E-state index in [4.69, 9.17) is 18.6 Å². The SMILES string of the molecule is [K+].[Mn].[O-][Cl+3]([O-])([O-])[O-]. The third-order valence-electron chi connectivity index (χ3n) is 0. The maximum atomic E-state index is 8.49. The number of hydrogen-bond donors (Lipinski definition) is 0. The molecule has 0 aliphatic rings. The molecule has 0 saturated heterocycles. The summed E-state index contributed by atoms with van der Waals surface area (Å²) in [5.74, 6) is 0. The molecule has 0 aromatic carbocycles. The van der Waals surface area contributed by atoms with Crippen LogP contribution >= 0.6 is 0 Å². The van der Waals surface area contributed by atoms with E-state index in [1.807, 2.05) is 0 Å². The molecule has 0 amide bonds. The van der Waals surface area contributed by atoms with Gasteiger partial charge in [0, 0.05) is 17.1 Å². The average molecular weight is 193 g/mol. The third-order valence-corrected chi connectivity index (χ3v) is 0. The zero-order valence-corrected chi connectivity index (χ0v) is 8.45. The Labute approximate surface area is 95.5 Å². The van der Waals surface area contributed by atoms with Gasteiger partial charge >= 0.3 is 51.4 Å². The van der Waals surface area contributed by atoms with Crippen molar-refractivity contribution in [3.05, 3.63) is 0 Å². The minimum Gasteiger partial charge on any atom is -0.222 e. The Balaban J connectivity index is -0.0000000800. The van der Waals surface area contributed by atoms with Gasteiger partial charge in [0.05, 0.1) is 0 Å². The first kappa shape index (κ1) is 16.1. The zero-order valence-electron chi connectivity index (χ0n) is 3.39. The van der Waals surface area contributed by atoms with Crippen LogP contribution in [0.5, 0.6) is 0 Å². The fraction of sp³-hybridized carbons (Fsp3) is 0. The molecule has 1 radical (unpaired) electrons. The van der Waals surface area contributed by atoms with Crippen molar-refractivity contribution in [3.8, 4) is 0 Å². The topological polar surface area (TPSA) is 92.2 Å². The van der Waals surface area contributed by atoms with Crippen LogP contribution in [0.25, 0.3) is 0 Å². The number of halogens is 1. The van der Waals surface area contributed by atoms with E-state index in [1.165, 1.54) is 0 Å². The van der Waals surface area contributed by atoms with Gasteiger partial charge in [-0.05, 0) is 0 Å². The van der Waals surface area contributed by atoms with E-state index in [-0.39, 0.29) is 68.5 Å². The van der Waals surface area contributed by atoms with Crippen LogP contribution in [0.3, 0.4) is 0 Å². The van der Waals surface area contributed by atoms with Crippen molar-refractivity contribution in [2.24, 2.45) is 0 Å². The maximum absolute atomic E-state index is 8.49. The third kappa shape index (κ3) is 62.7. The van der Waals surface area contributed by atoms with Crippen LogP contribution in [-0.2, 0) is 17.1 Å². The van der Waals surface area contributed by atoms with E-state index in [0.29, 0.717) is 0 Å². The molecular formula is ClKMnO4. The van der Waals surface area contributed by atoms with Crippen molar-refractivity contribution in [3.63, 3.8) is 0 Å². The molecule has 0 unspecified atom stereocenters. The van der Waals surface area contributed by atoms with Gasteiger partial charge in [0.25, 0.3) is 0 Å². The molecule has 7 heavy (non-hydrogen) atoms. The predicted octanol–water partition coefficient (Wildman–Crippen LogP) is -7.75. The van der Waals surface area contributed by atoms with Gasteiger partial charge in [0.2, 0.25) is 0 Å². The molecule has 0 atom stereocenters. The van der Waals surface area contributed by atoms with E-state index in [0.717, 1.165) is 0 Å². The van der Waals surface area contributed by atoms with Crippen molar-refractivity contribution in [2.75, 3.05) is 0 Å². The molecule has 0 aromatic heterocycles. The van der Waals surface area contributed by atoms with Crippen molar-refractivity contribution >= 4 is 0 Å². The van der Waals surface area contributed by atoms with E-state index in [9.17, 15) is 0 Å². The van der Waals surface area contributed by atoms with Crippen molar-refractivity contribution < 1.29 is 97.3 Å². The molecule has 0 N–H and O–H groups in total. The van der Waals surface area contributed by atoms with Gasteiger partial charge in [-0.3, -0.25) is 0 Å². The quantitative estimate of drug-likeness (QED) is 0.357. The summed E-state index contributed by atoms with van der Waals surface area (Å²) in [6, 6.07) is 0. The molecule has 7 heteroatoms. The van der Waals surface area contributed by atoms with Crippen molar-refractivity contribution in [2.45, 2.75) is 0 Å². The van der Waals surface area contributed by atoms with Crippen LogP contribution < -0.4 is 70.0 Å². The minimum atomic E-state index is -4.94. The monoisotopic (exact) mass is 193 g/mol. The van der Waals surface area contributed by atoms with Crippen LogP contribution in [0.4, 0.5) is 0 Å². The Morgan fingerprint density at radius 3 is 0.857 bits per heavy atom. The summed E-state index contributed by atoms with van der Waals surface area (Å²) < 4.78 is 34.0. The molecule has 0 heterocycles. The van der Waals surface area contributed by atoms with Gasteiger partial charge in [-0.1, -0.05) is 0 Å². The van der Waals surface area contributed by atoms with E-state index in [2.05, 4.69) is 0 Å². The van der Waals surface area contributed by atoms with Gasteiger partial charge < -0.3 is 0 Å². The smallest absolute Gasteiger partial charge is 0.222 e. The summed E-state index contributed by atoms with van der Waals surface area (Å²) in [6.07, 6.45) is 0. The van der Waals surface area contributed by atoms with Gasteiger partial charge in [0.15, 0.2) is 0 Å². The first-order valence-corrected chi connectivity index (χ1v) is 1.85. The summed E-state index contributed by atoms with van der Waals surface area (Å²) >= 11 is 0. The normalized spacial score (nSPS) is 8.57. The van der Waals surface area contributed by atoms with Crippen LogP contribution in [0.2, 0.25) is 0 Å². The molecule has 39 valence electrons. The zero-order chi connectivity index (χ0) is 4.50. The van der Waals surface area contributed by atoms with Gasteiger partial charge in [0.1, 0.15) is 0 Å². The average Bonchev–Trinajstić information content (AvgIpc) is 0.722. The maximum Gasteiger partial charge on any atom is 1.00 e. The molecule has 0 saturated carbocycles. The molecule has 0 fully saturated rings. The molecule has 0 spiro atoms. The second kappa shape index (κ2) is 6.41. The summed E-state index contributed by atoms with van der Waals surface area (Å²) in [4.78, 5) is 0. The number of hydrogen-bond acceptors (Lipinski definition) is 4. The fourth-order valence-corrected chi connectivity index (χ4v) is 0. The van der Waals surface area contributed by atoms with Crippen molar-refractivity contribution in [1.82, 2.24) is 0 Å². The summed E-state index contributed by atoms with van der Waals surface area (Å²) in [7, 11) is -4.94. The summed E-state index contributed by atoms with van der Waals surface area (Å²) in [5.41, 5.74) is 0. The van der Waals surface area contributed by atoms with E-state index in [1.54, 1.807) is 0 Å². The standard InChI is InChI=1S/ClHO4.K.Mn/c2-1(3,4)5;;/h(H,2,3,4,5);;/q;+1;/p-1. The molecule has 0 aliphatic heterocycles. The van der Waals surface area contributed by atoms with Crippen LogP contribution in [0.1, 0.15) is 0 Å². The first-order valence-electron chi connectivity index (χ1n) is 0.617. The van der Waals surface area contributed by atoms with Gasteiger partial charge in [-0.2, -0.15) is 0 Å². The Morgan fingerprint density at radius 2 is 0.857 bits per heavy atom. The Kier molecular flexibility index (Phi) is 14.8. The van der Waals surface area contributed by atoms with Gasteiger partial charge in [-0.25, -0.2) is 18.6 Å². The molecule has 0 bridgehead atoms. The predicted molar refractivity (Wildman–Crippen MR) is 0 cm³/mol. The minimum absolute atomic E-state index is 0. The molecule has 0 aromatic rings. The van der Waals surface area contributed by atoms with E-state index >= 15 is 0 Å². The molecule has 0 aliphatic carbocycles. The van der Waals surface area contributed by atoms with Crippen molar-refractivity contribution in [1.29, 1.82) is 0 Å². The summed E-state index contributed by atoms with van der Waals surface area (Å²) in [5, 5.41) is 0. The van der Waals surface area contributed by atoms with Crippen LogP contribution in [-0.4, -0.2) is 0 Å². The fourth-order valence-electron chi connectivity index (χ4n) is 0. The number of rotatable bonds is 0. The van der Waals surface area contributed by atoms with Crippen LogP contribution in [0, 0.1) is 10.2 Å². The molecular weight excluding hydrogens is 193 g/mol. The summed E-state index contributed by atoms with van der Waals surface area (Å²) in [6.45, 7) is 0. The Hall–Kier alpha value is 2.29. The van der Waals surface area contributed by atoms with Gasteiger partial charge in [-0.15, -0.1) is 10.2 Å².